The molecule has 0 aliphatic heterocycles. The number of aromatic nitrogens is 3. The SMILES string of the molecule is Br.NCCN(Cc1nc2ccccc2[nH]1)C1CCCc2cccnc21. The number of rotatable bonds is 5. The first-order chi connectivity index (χ1) is 11.8. The second-order valence-corrected chi connectivity index (χ2v) is 6.42. The zero-order valence-electron chi connectivity index (χ0n) is 14.2. The molecule has 0 amide bonds. The molecule has 0 spiro atoms. The Morgan fingerprint density at radius 1 is 1.20 bits per heavy atom. The number of fused-ring (bicyclic) bond motifs is 2. The van der Waals surface area contributed by atoms with Crippen LogP contribution in [0.2, 0.25) is 0 Å². The van der Waals surface area contributed by atoms with Crippen LogP contribution in [0.15, 0.2) is 42.6 Å². The van der Waals surface area contributed by atoms with Gasteiger partial charge in [-0.05, 0) is 43.0 Å². The molecule has 25 heavy (non-hydrogen) atoms. The molecule has 1 aliphatic carbocycles. The Kier molecular flexibility index (Phi) is 5.83. The van der Waals surface area contributed by atoms with Crippen LogP contribution in [0, 0.1) is 0 Å². The maximum atomic E-state index is 5.89. The number of pyridine rings is 1. The van der Waals surface area contributed by atoms with Gasteiger partial charge in [0.25, 0.3) is 0 Å². The molecular weight excluding hydrogens is 378 g/mol. The average molecular weight is 402 g/mol. The fourth-order valence-electron chi connectivity index (χ4n) is 3.72. The number of hydrogen-bond acceptors (Lipinski definition) is 4. The Hall–Kier alpha value is -1.76. The maximum Gasteiger partial charge on any atom is 0.121 e. The highest BCUT2D eigenvalue weighted by atomic mass is 79.9. The summed E-state index contributed by atoms with van der Waals surface area (Å²) in [5, 5.41) is 0. The van der Waals surface area contributed by atoms with Gasteiger partial charge < -0.3 is 10.7 Å². The number of benzene rings is 1. The summed E-state index contributed by atoms with van der Waals surface area (Å²) in [5.74, 6) is 0.993. The molecule has 0 saturated heterocycles. The second-order valence-electron chi connectivity index (χ2n) is 6.42. The van der Waals surface area contributed by atoms with E-state index >= 15 is 0 Å². The molecule has 5 nitrogen and oxygen atoms in total. The van der Waals surface area contributed by atoms with Crippen LogP contribution in [0.3, 0.4) is 0 Å². The highest BCUT2D eigenvalue weighted by Gasteiger charge is 2.27. The summed E-state index contributed by atoms with van der Waals surface area (Å²) in [4.78, 5) is 15.3. The van der Waals surface area contributed by atoms with Crippen molar-refractivity contribution in [3.05, 3.63) is 59.7 Å². The Bertz CT molecular complexity index is 798. The van der Waals surface area contributed by atoms with E-state index in [0.717, 1.165) is 42.8 Å². The molecule has 4 rings (SSSR count). The summed E-state index contributed by atoms with van der Waals surface area (Å²) in [7, 11) is 0. The van der Waals surface area contributed by atoms with Gasteiger partial charge >= 0.3 is 0 Å². The number of hydrogen-bond donors (Lipinski definition) is 2. The third kappa shape index (κ3) is 3.76. The normalized spacial score (nSPS) is 16.6. The summed E-state index contributed by atoms with van der Waals surface area (Å²) in [6.45, 7) is 2.25. The molecule has 0 bridgehead atoms. The Balaban J connectivity index is 0.00000182. The fourth-order valence-corrected chi connectivity index (χ4v) is 3.72. The van der Waals surface area contributed by atoms with Crippen molar-refractivity contribution in [2.45, 2.75) is 31.8 Å². The highest BCUT2D eigenvalue weighted by Crippen LogP contribution is 2.33. The fraction of sp³-hybridized carbons (Fsp3) is 0.368. The molecule has 132 valence electrons. The first kappa shape index (κ1) is 18.0. The number of nitrogens with zero attached hydrogens (tertiary/aromatic N) is 3. The number of halogens is 1. The van der Waals surface area contributed by atoms with Crippen molar-refractivity contribution in [1.82, 2.24) is 19.9 Å². The van der Waals surface area contributed by atoms with Crippen LogP contribution in [0.1, 0.15) is 36.0 Å². The Morgan fingerprint density at radius 3 is 2.92 bits per heavy atom. The number of H-pyrrole nitrogens is 1. The van der Waals surface area contributed by atoms with Gasteiger partial charge in [-0.1, -0.05) is 18.2 Å². The average Bonchev–Trinajstić information content (AvgIpc) is 3.03. The van der Waals surface area contributed by atoms with Crippen LogP contribution < -0.4 is 5.73 Å². The summed E-state index contributed by atoms with van der Waals surface area (Å²) in [6, 6.07) is 12.7. The lowest BCUT2D eigenvalue weighted by atomic mass is 9.91. The molecule has 0 saturated carbocycles. The number of para-hydroxylation sites is 2. The summed E-state index contributed by atoms with van der Waals surface area (Å²) < 4.78 is 0. The van der Waals surface area contributed by atoms with E-state index in [9.17, 15) is 0 Å². The zero-order chi connectivity index (χ0) is 16.4. The van der Waals surface area contributed by atoms with Crippen LogP contribution in [0.25, 0.3) is 11.0 Å². The van der Waals surface area contributed by atoms with Gasteiger partial charge in [-0.3, -0.25) is 9.88 Å². The molecule has 0 radical (unpaired) electrons. The maximum absolute atomic E-state index is 5.89. The molecule has 3 aromatic rings. The van der Waals surface area contributed by atoms with Crippen LogP contribution in [-0.4, -0.2) is 32.9 Å². The van der Waals surface area contributed by atoms with Crippen molar-refractivity contribution in [3.8, 4) is 0 Å². The number of nitrogens with one attached hydrogen (secondary N) is 1. The van der Waals surface area contributed by atoms with Crippen molar-refractivity contribution in [1.29, 1.82) is 0 Å². The molecule has 0 fully saturated rings. The summed E-state index contributed by atoms with van der Waals surface area (Å²) in [6.07, 6.45) is 5.36. The van der Waals surface area contributed by atoms with Gasteiger partial charge in [0.2, 0.25) is 0 Å². The van der Waals surface area contributed by atoms with Gasteiger partial charge in [0.05, 0.1) is 29.3 Å². The minimum atomic E-state index is 0. The van der Waals surface area contributed by atoms with Gasteiger partial charge in [0.15, 0.2) is 0 Å². The quantitative estimate of drug-likeness (QED) is 0.687. The monoisotopic (exact) mass is 401 g/mol. The molecule has 1 aliphatic rings. The second kappa shape index (κ2) is 8.08. The van der Waals surface area contributed by atoms with Gasteiger partial charge in [-0.25, -0.2) is 4.98 Å². The molecule has 1 unspecified atom stereocenters. The molecule has 2 aromatic heterocycles. The third-order valence-corrected chi connectivity index (χ3v) is 4.81. The largest absolute Gasteiger partial charge is 0.341 e. The van der Waals surface area contributed by atoms with E-state index in [2.05, 4.69) is 27.0 Å². The minimum Gasteiger partial charge on any atom is -0.341 e. The number of aryl methyl sites for hydroxylation is 1. The number of nitrogens with two attached hydrogens (primary N) is 1. The summed E-state index contributed by atoms with van der Waals surface area (Å²) in [5.41, 5.74) is 10.6. The minimum absolute atomic E-state index is 0. The molecule has 6 heteroatoms. The van der Waals surface area contributed by atoms with E-state index in [1.807, 2.05) is 30.5 Å². The van der Waals surface area contributed by atoms with Crippen molar-refractivity contribution < 1.29 is 0 Å². The number of imidazole rings is 1. The van der Waals surface area contributed by atoms with Crippen molar-refractivity contribution >= 4 is 28.0 Å². The summed E-state index contributed by atoms with van der Waals surface area (Å²) >= 11 is 0. The number of aromatic amines is 1. The van der Waals surface area contributed by atoms with E-state index in [1.165, 1.54) is 17.7 Å². The van der Waals surface area contributed by atoms with Crippen LogP contribution in [0.4, 0.5) is 0 Å². The smallest absolute Gasteiger partial charge is 0.121 e. The van der Waals surface area contributed by atoms with E-state index in [-0.39, 0.29) is 17.0 Å². The van der Waals surface area contributed by atoms with E-state index in [1.54, 1.807) is 0 Å². The van der Waals surface area contributed by atoms with Crippen molar-refractivity contribution in [3.63, 3.8) is 0 Å². The zero-order valence-corrected chi connectivity index (χ0v) is 15.9. The standard InChI is InChI=1S/C19H23N5.BrH/c20-10-12-24(13-18-22-15-7-1-2-8-16(15)23-18)17-9-3-5-14-6-4-11-21-19(14)17;/h1-2,4,6-8,11,17H,3,5,9-10,12-13,20H2,(H,22,23);1H. The topological polar surface area (TPSA) is 70.8 Å². The lowest BCUT2D eigenvalue weighted by Gasteiger charge is -2.34. The lowest BCUT2D eigenvalue weighted by Crippen LogP contribution is -2.35. The lowest BCUT2D eigenvalue weighted by molar-refractivity contribution is 0.167. The van der Waals surface area contributed by atoms with Crippen molar-refractivity contribution in [2.75, 3.05) is 13.1 Å². The van der Waals surface area contributed by atoms with Crippen LogP contribution in [0.5, 0.6) is 0 Å². The first-order valence-electron chi connectivity index (χ1n) is 8.66. The predicted molar refractivity (Wildman–Crippen MR) is 106 cm³/mol. The van der Waals surface area contributed by atoms with E-state index < -0.39 is 0 Å². The first-order valence-corrected chi connectivity index (χ1v) is 8.66. The van der Waals surface area contributed by atoms with Gasteiger partial charge in [0.1, 0.15) is 5.82 Å². The van der Waals surface area contributed by atoms with Crippen LogP contribution in [-0.2, 0) is 13.0 Å². The molecule has 1 aromatic carbocycles. The molecule has 1 atom stereocenters. The third-order valence-electron chi connectivity index (χ3n) is 4.81. The van der Waals surface area contributed by atoms with Gasteiger partial charge in [-0.2, -0.15) is 0 Å². The molecular formula is C19H24BrN5. The van der Waals surface area contributed by atoms with Gasteiger partial charge in [0, 0.05) is 19.3 Å². The predicted octanol–water partition coefficient (Wildman–Crippen LogP) is 3.37. The van der Waals surface area contributed by atoms with E-state index in [4.69, 9.17) is 10.7 Å². The molecule has 3 N–H and O–H groups in total. The van der Waals surface area contributed by atoms with Crippen LogP contribution >= 0.6 is 17.0 Å². The van der Waals surface area contributed by atoms with E-state index in [0.29, 0.717) is 12.6 Å². The Morgan fingerprint density at radius 2 is 2.08 bits per heavy atom. The van der Waals surface area contributed by atoms with Crippen molar-refractivity contribution in [2.24, 2.45) is 5.73 Å². The highest BCUT2D eigenvalue weighted by molar-refractivity contribution is 8.93. The Labute approximate surface area is 158 Å². The van der Waals surface area contributed by atoms with Gasteiger partial charge in [-0.15, -0.1) is 17.0 Å². The molecule has 2 heterocycles.